The summed E-state index contributed by atoms with van der Waals surface area (Å²) in [7, 11) is 0. The number of aryl methyl sites for hydroxylation is 1. The molecule has 92 valence electrons. The van der Waals surface area contributed by atoms with E-state index in [1.165, 1.54) is 37.7 Å². The fraction of sp³-hybridized carbons (Fsp3) is 0.714. The van der Waals surface area contributed by atoms with Crippen molar-refractivity contribution in [1.29, 1.82) is 0 Å². The van der Waals surface area contributed by atoms with E-state index in [0.29, 0.717) is 6.04 Å². The second-order valence-corrected chi connectivity index (χ2v) is 4.47. The smallest absolute Gasteiger partial charge is 0.123 e. The molecule has 0 aliphatic carbocycles. The summed E-state index contributed by atoms with van der Waals surface area (Å²) < 4.78 is 5.59. The largest absolute Gasteiger partial charge is 0.467 e. The maximum absolute atomic E-state index is 5.59. The standard InChI is InChI=1S/C14H25NO/c1-4-6-7-8-13(15-10-5-2)14-12(3)9-11-16-14/h9,11,13,15H,4-8,10H2,1-3H3. The van der Waals surface area contributed by atoms with E-state index in [9.17, 15) is 0 Å². The molecule has 0 bridgehead atoms. The lowest BCUT2D eigenvalue weighted by Crippen LogP contribution is -2.22. The van der Waals surface area contributed by atoms with E-state index >= 15 is 0 Å². The number of unbranched alkanes of at least 4 members (excludes halogenated alkanes) is 2. The molecule has 1 rings (SSSR count). The second-order valence-electron chi connectivity index (χ2n) is 4.47. The first-order chi connectivity index (χ1) is 7.79. The van der Waals surface area contributed by atoms with Gasteiger partial charge in [0.25, 0.3) is 0 Å². The molecule has 2 nitrogen and oxygen atoms in total. The van der Waals surface area contributed by atoms with Crippen molar-refractivity contribution in [1.82, 2.24) is 5.32 Å². The lowest BCUT2D eigenvalue weighted by Gasteiger charge is -2.17. The van der Waals surface area contributed by atoms with Crippen LogP contribution in [-0.4, -0.2) is 6.54 Å². The van der Waals surface area contributed by atoms with E-state index in [1.54, 1.807) is 6.26 Å². The van der Waals surface area contributed by atoms with Crippen LogP contribution >= 0.6 is 0 Å². The van der Waals surface area contributed by atoms with Crippen molar-refractivity contribution < 1.29 is 4.42 Å². The molecule has 1 N–H and O–H groups in total. The lowest BCUT2D eigenvalue weighted by molar-refractivity contribution is 0.383. The van der Waals surface area contributed by atoms with Crippen LogP contribution in [0.5, 0.6) is 0 Å². The van der Waals surface area contributed by atoms with Gasteiger partial charge in [-0.05, 0) is 37.9 Å². The van der Waals surface area contributed by atoms with Crippen molar-refractivity contribution in [2.24, 2.45) is 0 Å². The third-order valence-electron chi connectivity index (χ3n) is 2.96. The highest BCUT2D eigenvalue weighted by Crippen LogP contribution is 2.23. The molecule has 1 aromatic rings. The summed E-state index contributed by atoms with van der Waals surface area (Å²) in [6.07, 6.45) is 8.01. The summed E-state index contributed by atoms with van der Waals surface area (Å²) in [4.78, 5) is 0. The number of rotatable bonds is 8. The number of furan rings is 1. The summed E-state index contributed by atoms with van der Waals surface area (Å²) in [5.74, 6) is 1.13. The molecule has 0 fully saturated rings. The molecule has 0 saturated carbocycles. The van der Waals surface area contributed by atoms with Gasteiger partial charge in [-0.3, -0.25) is 0 Å². The zero-order chi connectivity index (χ0) is 11.8. The van der Waals surface area contributed by atoms with Crippen molar-refractivity contribution in [2.45, 2.75) is 58.9 Å². The predicted molar refractivity (Wildman–Crippen MR) is 68.6 cm³/mol. The van der Waals surface area contributed by atoms with E-state index in [4.69, 9.17) is 4.42 Å². The minimum atomic E-state index is 0.404. The van der Waals surface area contributed by atoms with Gasteiger partial charge in [-0.25, -0.2) is 0 Å². The SMILES string of the molecule is CCCCCC(NCCC)c1occc1C. The zero-order valence-corrected chi connectivity index (χ0v) is 10.9. The van der Waals surface area contributed by atoms with Crippen LogP contribution in [0.4, 0.5) is 0 Å². The number of nitrogens with one attached hydrogen (secondary N) is 1. The van der Waals surface area contributed by atoms with Gasteiger partial charge in [0.15, 0.2) is 0 Å². The zero-order valence-electron chi connectivity index (χ0n) is 10.9. The van der Waals surface area contributed by atoms with E-state index in [2.05, 4.69) is 32.2 Å². The normalized spacial score (nSPS) is 12.9. The van der Waals surface area contributed by atoms with Gasteiger partial charge < -0.3 is 9.73 Å². The van der Waals surface area contributed by atoms with E-state index in [1.807, 2.05) is 0 Å². The minimum Gasteiger partial charge on any atom is -0.467 e. The summed E-state index contributed by atoms with van der Waals surface area (Å²) in [6.45, 7) is 7.63. The van der Waals surface area contributed by atoms with Crippen molar-refractivity contribution in [3.8, 4) is 0 Å². The minimum absolute atomic E-state index is 0.404. The Kier molecular flexibility index (Phi) is 6.24. The molecule has 16 heavy (non-hydrogen) atoms. The molecular weight excluding hydrogens is 198 g/mol. The van der Waals surface area contributed by atoms with Crippen LogP contribution in [0.3, 0.4) is 0 Å². The van der Waals surface area contributed by atoms with Gasteiger partial charge in [0.2, 0.25) is 0 Å². The summed E-state index contributed by atoms with van der Waals surface area (Å²) in [5.41, 5.74) is 1.27. The first-order valence-corrected chi connectivity index (χ1v) is 6.57. The van der Waals surface area contributed by atoms with E-state index in [0.717, 1.165) is 12.3 Å². The van der Waals surface area contributed by atoms with Crippen molar-refractivity contribution in [2.75, 3.05) is 6.54 Å². The highest BCUT2D eigenvalue weighted by atomic mass is 16.3. The first kappa shape index (κ1) is 13.3. The Balaban J connectivity index is 2.53. The van der Waals surface area contributed by atoms with Crippen LogP contribution in [-0.2, 0) is 0 Å². The van der Waals surface area contributed by atoms with Crippen LogP contribution in [0.15, 0.2) is 16.7 Å². The van der Waals surface area contributed by atoms with E-state index < -0.39 is 0 Å². The molecular formula is C14H25NO. The molecule has 0 aliphatic heterocycles. The maximum Gasteiger partial charge on any atom is 0.123 e. The molecule has 0 amide bonds. The van der Waals surface area contributed by atoms with Crippen molar-refractivity contribution in [3.05, 3.63) is 23.7 Å². The molecule has 1 heterocycles. The Morgan fingerprint density at radius 1 is 1.25 bits per heavy atom. The van der Waals surface area contributed by atoms with Gasteiger partial charge in [-0.1, -0.05) is 33.1 Å². The molecule has 1 unspecified atom stereocenters. The fourth-order valence-electron chi connectivity index (χ4n) is 1.98. The van der Waals surface area contributed by atoms with Crippen LogP contribution < -0.4 is 5.32 Å². The Hall–Kier alpha value is -0.760. The summed E-state index contributed by atoms with van der Waals surface area (Å²) in [6, 6.07) is 2.46. The Labute approximate surface area is 99.4 Å². The molecule has 0 radical (unpaired) electrons. The van der Waals surface area contributed by atoms with Crippen molar-refractivity contribution in [3.63, 3.8) is 0 Å². The monoisotopic (exact) mass is 223 g/mol. The second kappa shape index (κ2) is 7.50. The summed E-state index contributed by atoms with van der Waals surface area (Å²) >= 11 is 0. The Bertz CT molecular complexity index is 280. The number of hydrogen-bond donors (Lipinski definition) is 1. The quantitative estimate of drug-likeness (QED) is 0.668. The van der Waals surface area contributed by atoms with Crippen LogP contribution in [0.1, 0.15) is 63.3 Å². The van der Waals surface area contributed by atoms with Gasteiger partial charge in [0.1, 0.15) is 5.76 Å². The third kappa shape index (κ3) is 4.01. The van der Waals surface area contributed by atoms with Gasteiger partial charge in [0.05, 0.1) is 12.3 Å². The average Bonchev–Trinajstić information content (AvgIpc) is 2.70. The molecule has 0 aromatic carbocycles. The summed E-state index contributed by atoms with van der Waals surface area (Å²) in [5, 5.41) is 3.58. The molecule has 0 aliphatic rings. The first-order valence-electron chi connectivity index (χ1n) is 6.57. The Morgan fingerprint density at radius 3 is 2.62 bits per heavy atom. The average molecular weight is 223 g/mol. The molecule has 1 atom stereocenters. The third-order valence-corrected chi connectivity index (χ3v) is 2.96. The molecule has 1 aromatic heterocycles. The number of hydrogen-bond acceptors (Lipinski definition) is 2. The maximum atomic E-state index is 5.59. The topological polar surface area (TPSA) is 25.2 Å². The highest BCUT2D eigenvalue weighted by Gasteiger charge is 2.15. The van der Waals surface area contributed by atoms with Gasteiger partial charge in [0, 0.05) is 0 Å². The van der Waals surface area contributed by atoms with E-state index in [-0.39, 0.29) is 0 Å². The van der Waals surface area contributed by atoms with Gasteiger partial charge in [-0.2, -0.15) is 0 Å². The predicted octanol–water partition coefficient (Wildman–Crippen LogP) is 4.21. The fourth-order valence-corrected chi connectivity index (χ4v) is 1.98. The van der Waals surface area contributed by atoms with Gasteiger partial charge in [-0.15, -0.1) is 0 Å². The molecule has 2 heteroatoms. The van der Waals surface area contributed by atoms with Crippen LogP contribution in [0.25, 0.3) is 0 Å². The van der Waals surface area contributed by atoms with Crippen LogP contribution in [0, 0.1) is 6.92 Å². The molecule has 0 spiro atoms. The van der Waals surface area contributed by atoms with Gasteiger partial charge >= 0.3 is 0 Å². The lowest BCUT2D eigenvalue weighted by atomic mass is 10.0. The highest BCUT2D eigenvalue weighted by molar-refractivity contribution is 5.18. The van der Waals surface area contributed by atoms with Crippen molar-refractivity contribution >= 4 is 0 Å². The van der Waals surface area contributed by atoms with Crippen LogP contribution in [0.2, 0.25) is 0 Å². The Morgan fingerprint density at radius 2 is 2.06 bits per heavy atom. The molecule has 0 saturated heterocycles.